The molecule has 37 heavy (non-hydrogen) atoms. The zero-order valence-corrected chi connectivity index (χ0v) is 22.1. The van der Waals surface area contributed by atoms with E-state index in [2.05, 4.69) is 25.8 Å². The number of rotatable bonds is 6. The van der Waals surface area contributed by atoms with Crippen LogP contribution in [0.1, 0.15) is 59.3 Å². The van der Waals surface area contributed by atoms with Crippen LogP contribution in [0.5, 0.6) is 0 Å². The normalized spacial score (nSPS) is 25.4. The second kappa shape index (κ2) is 11.7. The van der Waals surface area contributed by atoms with Crippen molar-refractivity contribution in [1.82, 2.24) is 15.5 Å². The van der Waals surface area contributed by atoms with Crippen LogP contribution >= 0.6 is 0 Å². The molecule has 0 radical (unpaired) electrons. The summed E-state index contributed by atoms with van der Waals surface area (Å²) in [6.07, 6.45) is 4.70. The van der Waals surface area contributed by atoms with E-state index in [1.807, 2.05) is 20.8 Å². The van der Waals surface area contributed by atoms with Gasteiger partial charge in [0.05, 0.1) is 5.69 Å². The minimum atomic E-state index is -0.533. The van der Waals surface area contributed by atoms with Gasteiger partial charge < -0.3 is 20.3 Å². The molecule has 1 saturated carbocycles. The highest BCUT2D eigenvalue weighted by molar-refractivity contribution is 6.01. The van der Waals surface area contributed by atoms with E-state index in [0.29, 0.717) is 36.3 Å². The molecule has 0 bridgehead atoms. The Morgan fingerprint density at radius 1 is 1.08 bits per heavy atom. The summed E-state index contributed by atoms with van der Waals surface area (Å²) in [6.45, 7) is 9.55. The quantitative estimate of drug-likeness (QED) is 0.498. The van der Waals surface area contributed by atoms with Crippen LogP contribution in [0.2, 0.25) is 0 Å². The fraction of sp³-hybridized carbons (Fsp3) is 0.667. The van der Waals surface area contributed by atoms with Crippen LogP contribution in [-0.4, -0.2) is 73.2 Å². The highest BCUT2D eigenvalue weighted by Crippen LogP contribution is 2.30. The second-order valence-corrected chi connectivity index (χ2v) is 11.4. The molecule has 9 nitrogen and oxygen atoms in total. The van der Waals surface area contributed by atoms with Gasteiger partial charge in [-0.1, -0.05) is 0 Å². The Labute approximate surface area is 218 Å². The van der Waals surface area contributed by atoms with Crippen LogP contribution in [-0.2, 0) is 14.3 Å². The van der Waals surface area contributed by atoms with Crippen molar-refractivity contribution in [2.24, 2.45) is 5.92 Å². The molecule has 1 aromatic rings. The van der Waals surface area contributed by atoms with E-state index in [9.17, 15) is 18.8 Å². The van der Waals surface area contributed by atoms with E-state index in [-0.39, 0.29) is 30.1 Å². The van der Waals surface area contributed by atoms with Crippen molar-refractivity contribution in [3.63, 3.8) is 0 Å². The van der Waals surface area contributed by atoms with E-state index in [0.717, 1.165) is 51.9 Å². The van der Waals surface area contributed by atoms with Gasteiger partial charge in [-0.3, -0.25) is 19.8 Å². The first kappa shape index (κ1) is 27.2. The highest BCUT2D eigenvalue weighted by atomic mass is 19.1. The van der Waals surface area contributed by atoms with Gasteiger partial charge in [0.2, 0.25) is 11.8 Å². The molecule has 3 fully saturated rings. The minimum Gasteiger partial charge on any atom is -0.444 e. The van der Waals surface area contributed by atoms with Gasteiger partial charge in [0, 0.05) is 50.9 Å². The summed E-state index contributed by atoms with van der Waals surface area (Å²) in [4.78, 5) is 39.8. The Morgan fingerprint density at radius 2 is 1.78 bits per heavy atom. The van der Waals surface area contributed by atoms with Gasteiger partial charge >= 0.3 is 6.09 Å². The minimum absolute atomic E-state index is 0.271. The smallest absolute Gasteiger partial charge is 0.407 e. The fourth-order valence-corrected chi connectivity index (χ4v) is 5.47. The summed E-state index contributed by atoms with van der Waals surface area (Å²) in [6, 6.07) is 4.99. The molecule has 1 aromatic carbocycles. The van der Waals surface area contributed by atoms with Crippen molar-refractivity contribution in [2.45, 2.75) is 77.0 Å². The van der Waals surface area contributed by atoms with Gasteiger partial charge in [0.25, 0.3) is 0 Å². The summed E-state index contributed by atoms with van der Waals surface area (Å²) in [5, 5.41) is 8.26. The van der Waals surface area contributed by atoms with Gasteiger partial charge in [0.1, 0.15) is 17.5 Å². The molecule has 4 rings (SSSR count). The van der Waals surface area contributed by atoms with Crippen LogP contribution in [0.4, 0.5) is 20.6 Å². The molecule has 3 aliphatic rings. The van der Waals surface area contributed by atoms with Crippen molar-refractivity contribution in [3.8, 4) is 0 Å². The predicted molar refractivity (Wildman–Crippen MR) is 140 cm³/mol. The number of ether oxygens (including phenoxy) is 1. The Balaban J connectivity index is 1.20. The maximum atomic E-state index is 15.0. The van der Waals surface area contributed by atoms with Crippen LogP contribution in [0.25, 0.3) is 0 Å². The average molecular weight is 518 g/mol. The van der Waals surface area contributed by atoms with Crippen LogP contribution in [0.15, 0.2) is 18.2 Å². The number of carbonyl (C=O) groups is 3. The van der Waals surface area contributed by atoms with Crippen LogP contribution < -0.4 is 20.9 Å². The first-order chi connectivity index (χ1) is 17.6. The number of anilines is 2. The number of nitrogens with one attached hydrogen (secondary N) is 3. The number of piperazine rings is 1. The van der Waals surface area contributed by atoms with E-state index < -0.39 is 11.6 Å². The number of halogens is 1. The number of imide groups is 1. The van der Waals surface area contributed by atoms with Crippen molar-refractivity contribution in [1.29, 1.82) is 0 Å². The molecule has 0 spiro atoms. The van der Waals surface area contributed by atoms with Crippen LogP contribution in [0, 0.1) is 11.7 Å². The van der Waals surface area contributed by atoms with Crippen molar-refractivity contribution < 1.29 is 23.5 Å². The van der Waals surface area contributed by atoms with Gasteiger partial charge in [-0.05, 0) is 77.0 Å². The standard InChI is InChI=1S/C27H40FN5O4/c1-27(2,3)37-26(36)29-17-18-4-7-20(8-5-18)32-12-14-33(15-13-32)23-10-6-19(16-21(23)28)30-22-9-11-24(34)31-25(22)35/h6,10,16,18,20,22,30H,4-5,7-9,11-15,17H2,1-3H3,(H,29,36)(H,31,34,35)/t18-,20-,22?. The Morgan fingerprint density at radius 3 is 2.41 bits per heavy atom. The summed E-state index contributed by atoms with van der Waals surface area (Å²) in [7, 11) is 0. The summed E-state index contributed by atoms with van der Waals surface area (Å²) < 4.78 is 20.3. The number of hydrogen-bond acceptors (Lipinski definition) is 7. The average Bonchev–Trinajstić information content (AvgIpc) is 2.84. The number of nitrogens with zero attached hydrogens (tertiary/aromatic N) is 2. The molecule has 3 amide bonds. The van der Waals surface area contributed by atoms with Gasteiger partial charge in [0.15, 0.2) is 0 Å². The molecule has 204 valence electrons. The molecular weight excluding hydrogens is 477 g/mol. The highest BCUT2D eigenvalue weighted by Gasteiger charge is 2.30. The molecule has 2 saturated heterocycles. The first-order valence-electron chi connectivity index (χ1n) is 13.4. The third kappa shape index (κ3) is 7.56. The number of carbonyl (C=O) groups excluding carboxylic acids is 3. The number of alkyl carbamates (subject to hydrolysis) is 1. The molecule has 1 unspecified atom stereocenters. The van der Waals surface area contributed by atoms with Crippen molar-refractivity contribution in [2.75, 3.05) is 42.9 Å². The topological polar surface area (TPSA) is 103 Å². The molecule has 2 heterocycles. The number of benzene rings is 1. The molecule has 3 N–H and O–H groups in total. The lowest BCUT2D eigenvalue weighted by Gasteiger charge is -2.42. The Hall–Kier alpha value is -2.88. The zero-order valence-electron chi connectivity index (χ0n) is 22.1. The molecular formula is C27H40FN5O4. The molecule has 1 aliphatic carbocycles. The lowest BCUT2D eigenvalue weighted by atomic mass is 9.85. The lowest BCUT2D eigenvalue weighted by molar-refractivity contribution is -0.133. The predicted octanol–water partition coefficient (Wildman–Crippen LogP) is 3.25. The lowest BCUT2D eigenvalue weighted by Crippen LogP contribution is -2.51. The summed E-state index contributed by atoms with van der Waals surface area (Å²) in [5.74, 6) is -0.479. The Kier molecular flexibility index (Phi) is 8.56. The Bertz CT molecular complexity index is 981. The fourth-order valence-electron chi connectivity index (χ4n) is 5.47. The van der Waals surface area contributed by atoms with Gasteiger partial charge in [-0.15, -0.1) is 0 Å². The maximum Gasteiger partial charge on any atom is 0.407 e. The van der Waals surface area contributed by atoms with Gasteiger partial charge in [-0.25, -0.2) is 9.18 Å². The third-order valence-corrected chi connectivity index (χ3v) is 7.45. The van der Waals surface area contributed by atoms with Crippen LogP contribution in [0.3, 0.4) is 0 Å². The monoisotopic (exact) mass is 517 g/mol. The molecule has 10 heteroatoms. The largest absolute Gasteiger partial charge is 0.444 e. The van der Waals surface area contributed by atoms with Crippen molar-refractivity contribution >= 4 is 29.3 Å². The number of amides is 3. The summed E-state index contributed by atoms with van der Waals surface area (Å²) >= 11 is 0. The maximum absolute atomic E-state index is 15.0. The zero-order chi connectivity index (χ0) is 26.6. The van der Waals surface area contributed by atoms with E-state index in [4.69, 9.17) is 4.74 Å². The summed E-state index contributed by atoms with van der Waals surface area (Å²) in [5.41, 5.74) is 0.624. The van der Waals surface area contributed by atoms with E-state index >= 15 is 0 Å². The number of piperidine rings is 1. The van der Waals surface area contributed by atoms with E-state index in [1.54, 1.807) is 12.1 Å². The molecule has 0 aromatic heterocycles. The van der Waals surface area contributed by atoms with Gasteiger partial charge in [-0.2, -0.15) is 0 Å². The molecule has 1 atom stereocenters. The third-order valence-electron chi connectivity index (χ3n) is 7.45. The SMILES string of the molecule is CC(C)(C)OC(=O)NC[C@H]1CC[C@H](N2CCN(c3ccc(NC4CCC(=O)NC4=O)cc3F)CC2)CC1. The van der Waals surface area contributed by atoms with Crippen molar-refractivity contribution in [3.05, 3.63) is 24.0 Å². The van der Waals surface area contributed by atoms with E-state index in [1.165, 1.54) is 6.07 Å². The first-order valence-corrected chi connectivity index (χ1v) is 13.4. The molecule has 2 aliphatic heterocycles. The number of hydrogen-bond donors (Lipinski definition) is 3. The second-order valence-electron chi connectivity index (χ2n) is 11.4.